The van der Waals surface area contributed by atoms with Crippen LogP contribution in [0.3, 0.4) is 0 Å². The molecule has 2 aromatic heterocycles. The minimum atomic E-state index is -0.388. The highest BCUT2D eigenvalue weighted by molar-refractivity contribution is 6.30. The van der Waals surface area contributed by atoms with Gasteiger partial charge < -0.3 is 14.0 Å². The predicted molar refractivity (Wildman–Crippen MR) is 144 cm³/mol. The normalized spacial score (nSPS) is 14.7. The van der Waals surface area contributed by atoms with Gasteiger partial charge >= 0.3 is 0 Å². The van der Waals surface area contributed by atoms with Crippen molar-refractivity contribution in [2.75, 3.05) is 26.8 Å². The first kappa shape index (κ1) is 26.3. The van der Waals surface area contributed by atoms with Crippen LogP contribution in [0.15, 0.2) is 54.6 Å². The molecule has 3 heterocycles. The largest absolute Gasteiger partial charge is 0.473 e. The third-order valence-electron chi connectivity index (χ3n) is 7.01. The Morgan fingerprint density at radius 1 is 1.11 bits per heavy atom. The summed E-state index contributed by atoms with van der Waals surface area (Å²) >= 11 is 5.84. The standard InChI is InChI=1S/C29H30ClFN4O3/c1-37-14-13-35-27-8-5-20(18-36)15-26(27)32-28(35)17-34-11-9-21(10-12-34)25-3-2-4-29(33-25)38-19-22-6-7-23(30)16-24(22)31/h2-8,15-16,18,21H,9-14,17,19H2,1H3. The molecular formula is C29H30ClFN4O3. The minimum Gasteiger partial charge on any atom is -0.473 e. The van der Waals surface area contributed by atoms with Crippen molar-refractivity contribution in [2.45, 2.75) is 38.5 Å². The van der Waals surface area contributed by atoms with Crippen molar-refractivity contribution >= 4 is 28.9 Å². The molecule has 1 aliphatic heterocycles. The van der Waals surface area contributed by atoms with Gasteiger partial charge in [-0.1, -0.05) is 23.7 Å². The number of aromatic nitrogens is 3. The van der Waals surface area contributed by atoms with Crippen LogP contribution in [-0.2, 0) is 24.4 Å². The lowest BCUT2D eigenvalue weighted by atomic mass is 9.93. The maximum atomic E-state index is 14.1. The van der Waals surface area contributed by atoms with Crippen LogP contribution < -0.4 is 4.74 Å². The molecule has 2 aromatic carbocycles. The number of carbonyl (C=O) groups is 1. The lowest BCUT2D eigenvalue weighted by Gasteiger charge is -2.31. The van der Waals surface area contributed by atoms with E-state index in [2.05, 4.69) is 9.47 Å². The minimum absolute atomic E-state index is 0.0936. The molecule has 0 unspecified atom stereocenters. The zero-order valence-corrected chi connectivity index (χ0v) is 22.0. The summed E-state index contributed by atoms with van der Waals surface area (Å²) in [5, 5.41) is 0.358. The Kier molecular flexibility index (Phi) is 8.32. The summed E-state index contributed by atoms with van der Waals surface area (Å²) in [4.78, 5) is 23.2. The predicted octanol–water partition coefficient (Wildman–Crippen LogP) is 5.64. The second-order valence-corrected chi connectivity index (χ2v) is 9.95. The molecule has 0 radical (unpaired) electrons. The van der Waals surface area contributed by atoms with Gasteiger partial charge in [0.25, 0.3) is 0 Å². The van der Waals surface area contributed by atoms with Crippen LogP contribution >= 0.6 is 11.6 Å². The van der Waals surface area contributed by atoms with E-state index in [9.17, 15) is 9.18 Å². The SMILES string of the molecule is COCCn1c(CN2CCC(c3cccc(OCc4ccc(Cl)cc4F)n3)CC2)nc2cc(C=O)ccc21. The van der Waals surface area contributed by atoms with E-state index in [0.717, 1.165) is 61.3 Å². The fourth-order valence-corrected chi connectivity index (χ4v) is 5.10. The number of imidazole rings is 1. The molecule has 0 atom stereocenters. The quantitative estimate of drug-likeness (QED) is 0.244. The first-order valence-electron chi connectivity index (χ1n) is 12.7. The van der Waals surface area contributed by atoms with E-state index in [1.54, 1.807) is 25.3 Å². The highest BCUT2D eigenvalue weighted by Crippen LogP contribution is 2.29. The topological polar surface area (TPSA) is 69.5 Å². The number of methoxy groups -OCH3 is 1. The molecule has 0 aliphatic carbocycles. The van der Waals surface area contributed by atoms with Crippen molar-refractivity contribution in [1.82, 2.24) is 19.4 Å². The summed E-state index contributed by atoms with van der Waals surface area (Å²) in [7, 11) is 1.69. The number of carbonyl (C=O) groups excluding carboxylic acids is 1. The first-order chi connectivity index (χ1) is 18.5. The highest BCUT2D eigenvalue weighted by atomic mass is 35.5. The Balaban J connectivity index is 1.22. The van der Waals surface area contributed by atoms with Crippen LogP contribution in [0.4, 0.5) is 4.39 Å². The number of aldehydes is 1. The third kappa shape index (κ3) is 6.04. The van der Waals surface area contributed by atoms with Crippen LogP contribution in [0.5, 0.6) is 5.88 Å². The van der Waals surface area contributed by atoms with Crippen molar-refractivity contribution in [3.63, 3.8) is 0 Å². The van der Waals surface area contributed by atoms with Crippen LogP contribution in [0.25, 0.3) is 11.0 Å². The molecule has 4 aromatic rings. The second-order valence-electron chi connectivity index (χ2n) is 9.51. The van der Waals surface area contributed by atoms with Crippen molar-refractivity contribution in [3.8, 4) is 5.88 Å². The highest BCUT2D eigenvalue weighted by Gasteiger charge is 2.24. The Bertz CT molecular complexity index is 1420. The maximum absolute atomic E-state index is 14.1. The number of hydrogen-bond acceptors (Lipinski definition) is 6. The van der Waals surface area contributed by atoms with Gasteiger partial charge in [-0.2, -0.15) is 0 Å². The summed E-state index contributed by atoms with van der Waals surface area (Å²) in [6.07, 6.45) is 2.79. The molecule has 0 spiro atoms. The van der Waals surface area contributed by atoms with Gasteiger partial charge in [-0.25, -0.2) is 14.4 Å². The van der Waals surface area contributed by atoms with Crippen LogP contribution in [0.2, 0.25) is 5.02 Å². The fraction of sp³-hybridized carbons (Fsp3) is 0.345. The zero-order chi connectivity index (χ0) is 26.5. The molecule has 0 bridgehead atoms. The van der Waals surface area contributed by atoms with Gasteiger partial charge in [0, 0.05) is 47.5 Å². The Hall–Kier alpha value is -3.33. The smallest absolute Gasteiger partial charge is 0.213 e. The monoisotopic (exact) mass is 536 g/mol. The molecule has 9 heteroatoms. The number of halogens is 2. The number of likely N-dealkylation sites (tertiary alicyclic amines) is 1. The first-order valence-corrected chi connectivity index (χ1v) is 13.1. The maximum Gasteiger partial charge on any atom is 0.213 e. The average Bonchev–Trinajstić information content (AvgIpc) is 3.27. The number of hydrogen-bond donors (Lipinski definition) is 0. The molecule has 5 rings (SSSR count). The zero-order valence-electron chi connectivity index (χ0n) is 21.3. The number of piperidine rings is 1. The van der Waals surface area contributed by atoms with E-state index < -0.39 is 0 Å². The van der Waals surface area contributed by atoms with Crippen molar-refractivity contribution in [3.05, 3.63) is 88.1 Å². The fourth-order valence-electron chi connectivity index (χ4n) is 4.94. The van der Waals surface area contributed by atoms with Crippen LogP contribution in [0, 0.1) is 5.82 Å². The number of nitrogens with zero attached hydrogens (tertiary/aromatic N) is 4. The van der Waals surface area contributed by atoms with E-state index in [4.69, 9.17) is 31.0 Å². The molecule has 1 saturated heterocycles. The number of rotatable bonds is 10. The van der Waals surface area contributed by atoms with Crippen LogP contribution in [0.1, 0.15) is 46.2 Å². The Labute approximate surface area is 226 Å². The summed E-state index contributed by atoms with van der Waals surface area (Å²) in [5.74, 6) is 1.40. The molecule has 0 amide bonds. The van der Waals surface area contributed by atoms with Crippen molar-refractivity contribution < 1.29 is 18.7 Å². The molecule has 0 N–H and O–H groups in total. The number of pyridine rings is 1. The molecule has 1 aliphatic rings. The van der Waals surface area contributed by atoms with Crippen molar-refractivity contribution in [1.29, 1.82) is 0 Å². The van der Waals surface area contributed by atoms with E-state index in [1.807, 2.05) is 30.3 Å². The van der Waals surface area contributed by atoms with Gasteiger partial charge in [-0.05, 0) is 62.3 Å². The summed E-state index contributed by atoms with van der Waals surface area (Å²) < 4.78 is 27.4. The van der Waals surface area contributed by atoms with Gasteiger partial charge in [-0.15, -0.1) is 0 Å². The van der Waals surface area contributed by atoms with Crippen molar-refractivity contribution in [2.24, 2.45) is 0 Å². The van der Waals surface area contributed by atoms with E-state index in [-0.39, 0.29) is 12.4 Å². The van der Waals surface area contributed by atoms with Gasteiger partial charge in [0.1, 0.15) is 24.5 Å². The van der Waals surface area contributed by atoms with Gasteiger partial charge in [0.15, 0.2) is 0 Å². The van der Waals surface area contributed by atoms with E-state index in [1.165, 1.54) is 6.07 Å². The number of ether oxygens (including phenoxy) is 2. The lowest BCUT2D eigenvalue weighted by molar-refractivity contribution is 0.112. The summed E-state index contributed by atoms with van der Waals surface area (Å²) in [6.45, 7) is 3.95. The van der Waals surface area contributed by atoms with Gasteiger partial charge in [0.05, 0.1) is 24.2 Å². The Morgan fingerprint density at radius 2 is 1.95 bits per heavy atom. The molecule has 198 valence electrons. The van der Waals surface area contributed by atoms with Crippen LogP contribution in [-0.4, -0.2) is 52.5 Å². The van der Waals surface area contributed by atoms with E-state index >= 15 is 0 Å². The van der Waals surface area contributed by atoms with E-state index in [0.29, 0.717) is 41.1 Å². The second kappa shape index (κ2) is 12.0. The number of fused-ring (bicyclic) bond motifs is 1. The average molecular weight is 537 g/mol. The molecule has 7 nitrogen and oxygen atoms in total. The Morgan fingerprint density at radius 3 is 2.71 bits per heavy atom. The lowest BCUT2D eigenvalue weighted by Crippen LogP contribution is -2.33. The molecule has 1 fully saturated rings. The molecular weight excluding hydrogens is 507 g/mol. The molecule has 0 saturated carbocycles. The summed E-state index contributed by atoms with van der Waals surface area (Å²) in [5.41, 5.74) is 3.90. The van der Waals surface area contributed by atoms with Gasteiger partial charge in [0.2, 0.25) is 5.88 Å². The summed E-state index contributed by atoms with van der Waals surface area (Å²) in [6, 6.07) is 16.0. The third-order valence-corrected chi connectivity index (χ3v) is 7.25. The number of benzene rings is 2. The van der Waals surface area contributed by atoms with Gasteiger partial charge in [-0.3, -0.25) is 9.69 Å². The molecule has 38 heavy (non-hydrogen) atoms.